The second-order valence-corrected chi connectivity index (χ2v) is 6.58. The van der Waals surface area contributed by atoms with Crippen molar-refractivity contribution in [2.45, 2.75) is 45.9 Å². The predicted octanol–water partition coefficient (Wildman–Crippen LogP) is 1.59. The second-order valence-electron chi connectivity index (χ2n) is 4.37. The summed E-state index contributed by atoms with van der Waals surface area (Å²) in [6.07, 6.45) is 0. The van der Waals surface area contributed by atoms with Gasteiger partial charge in [0.05, 0.1) is 6.07 Å². The Morgan fingerprint density at radius 3 is 1.93 bits per heavy atom. The third-order valence-corrected chi connectivity index (χ3v) is 4.30. The number of hydrogen-bond donors (Lipinski definition) is 0. The Morgan fingerprint density at radius 1 is 1.20 bits per heavy atom. The van der Waals surface area contributed by atoms with Gasteiger partial charge < -0.3 is 0 Å². The summed E-state index contributed by atoms with van der Waals surface area (Å²) in [5.41, 5.74) is 0. The summed E-state index contributed by atoms with van der Waals surface area (Å²) in [4.78, 5) is 0. The van der Waals surface area contributed by atoms with Crippen molar-refractivity contribution < 1.29 is 8.42 Å². The Morgan fingerprint density at radius 2 is 1.67 bits per heavy atom. The Labute approximate surface area is 92.9 Å². The summed E-state index contributed by atoms with van der Waals surface area (Å²) in [5, 5.41) is 7.71. The van der Waals surface area contributed by atoms with Gasteiger partial charge in [0.15, 0.2) is 5.25 Å². The van der Waals surface area contributed by atoms with Crippen LogP contribution in [0.2, 0.25) is 0 Å². The average Bonchev–Trinajstić information content (AvgIpc) is 2.11. The Balaban J connectivity index is 5.02. The maximum Gasteiger partial charge on any atom is 0.230 e. The van der Waals surface area contributed by atoms with Gasteiger partial charge in [0.2, 0.25) is 10.0 Å². The van der Waals surface area contributed by atoms with E-state index in [0.29, 0.717) is 6.54 Å². The molecule has 0 rings (SSSR count). The number of sulfonamides is 1. The molecule has 4 nitrogen and oxygen atoms in total. The number of nitrogens with zero attached hydrogens (tertiary/aromatic N) is 2. The monoisotopic (exact) mass is 232 g/mol. The van der Waals surface area contributed by atoms with E-state index >= 15 is 0 Å². The van der Waals surface area contributed by atoms with E-state index in [1.807, 2.05) is 27.7 Å². The summed E-state index contributed by atoms with van der Waals surface area (Å²) in [6.45, 7) is 9.45. The van der Waals surface area contributed by atoms with E-state index in [9.17, 15) is 8.42 Å². The van der Waals surface area contributed by atoms with Crippen molar-refractivity contribution in [3.05, 3.63) is 0 Å². The zero-order valence-corrected chi connectivity index (χ0v) is 10.9. The van der Waals surface area contributed by atoms with Crippen LogP contribution >= 0.6 is 0 Å². The van der Waals surface area contributed by atoms with Gasteiger partial charge in [0.1, 0.15) is 0 Å². The molecule has 0 aromatic rings. The van der Waals surface area contributed by atoms with Gasteiger partial charge in [-0.25, -0.2) is 8.42 Å². The molecule has 0 radical (unpaired) electrons. The van der Waals surface area contributed by atoms with Crippen LogP contribution in [0.25, 0.3) is 0 Å². The van der Waals surface area contributed by atoms with Gasteiger partial charge in [-0.1, -0.05) is 13.8 Å². The quantitative estimate of drug-likeness (QED) is 0.723. The van der Waals surface area contributed by atoms with Crippen LogP contribution in [-0.4, -0.2) is 30.6 Å². The smallest absolute Gasteiger partial charge is 0.211 e. The van der Waals surface area contributed by atoms with Gasteiger partial charge in [0, 0.05) is 12.6 Å². The first-order valence-electron chi connectivity index (χ1n) is 5.13. The van der Waals surface area contributed by atoms with Crippen molar-refractivity contribution >= 4 is 10.0 Å². The summed E-state index contributed by atoms with van der Waals surface area (Å²) in [7, 11) is -3.47. The first-order chi connectivity index (χ1) is 6.73. The lowest BCUT2D eigenvalue weighted by Gasteiger charge is -2.28. The van der Waals surface area contributed by atoms with Gasteiger partial charge in [-0.2, -0.15) is 9.57 Å². The van der Waals surface area contributed by atoms with Crippen LogP contribution in [0.5, 0.6) is 0 Å². The summed E-state index contributed by atoms with van der Waals surface area (Å²) in [5.74, 6) is 0.257. The molecular weight excluding hydrogens is 212 g/mol. The van der Waals surface area contributed by atoms with Crippen LogP contribution in [0, 0.1) is 17.2 Å². The SMILES string of the molecule is CC(C)CN(C(C)C)S(=O)(=O)C(C)C#N. The van der Waals surface area contributed by atoms with Gasteiger partial charge in [-0.3, -0.25) is 0 Å². The van der Waals surface area contributed by atoms with Crippen molar-refractivity contribution in [2.24, 2.45) is 5.92 Å². The molecule has 5 heteroatoms. The largest absolute Gasteiger partial charge is 0.230 e. The first-order valence-corrected chi connectivity index (χ1v) is 6.64. The zero-order chi connectivity index (χ0) is 12.2. The van der Waals surface area contributed by atoms with Gasteiger partial charge in [-0.15, -0.1) is 0 Å². The zero-order valence-electron chi connectivity index (χ0n) is 10.1. The maximum absolute atomic E-state index is 11.9. The first kappa shape index (κ1) is 14.4. The standard InChI is InChI=1S/C10H20N2O2S/c1-8(2)7-12(9(3)4)15(13,14)10(5)6-11/h8-10H,7H2,1-5H3. The van der Waals surface area contributed by atoms with Crippen molar-refractivity contribution in [3.63, 3.8) is 0 Å². The topological polar surface area (TPSA) is 61.2 Å². The maximum atomic E-state index is 11.9. The summed E-state index contributed by atoms with van der Waals surface area (Å²) < 4.78 is 25.3. The predicted molar refractivity (Wildman–Crippen MR) is 60.7 cm³/mol. The van der Waals surface area contributed by atoms with Crippen LogP contribution in [0.1, 0.15) is 34.6 Å². The normalized spacial score (nSPS) is 14.6. The van der Waals surface area contributed by atoms with Crippen LogP contribution in [-0.2, 0) is 10.0 Å². The summed E-state index contributed by atoms with van der Waals surface area (Å²) in [6, 6.07) is 1.68. The van der Waals surface area contributed by atoms with E-state index in [1.54, 1.807) is 6.07 Å². The summed E-state index contributed by atoms with van der Waals surface area (Å²) >= 11 is 0. The minimum atomic E-state index is -3.47. The molecule has 0 N–H and O–H groups in total. The molecule has 0 fully saturated rings. The lowest BCUT2D eigenvalue weighted by molar-refractivity contribution is 0.317. The highest BCUT2D eigenvalue weighted by Gasteiger charge is 2.30. The highest BCUT2D eigenvalue weighted by molar-refractivity contribution is 7.90. The van der Waals surface area contributed by atoms with Crippen molar-refractivity contribution in [2.75, 3.05) is 6.54 Å². The van der Waals surface area contributed by atoms with Crippen LogP contribution in [0.15, 0.2) is 0 Å². The number of nitriles is 1. The van der Waals surface area contributed by atoms with Crippen LogP contribution in [0.3, 0.4) is 0 Å². The van der Waals surface area contributed by atoms with E-state index in [2.05, 4.69) is 0 Å². The van der Waals surface area contributed by atoms with Crippen LogP contribution in [0.4, 0.5) is 0 Å². The molecule has 0 saturated heterocycles. The van der Waals surface area contributed by atoms with E-state index < -0.39 is 15.3 Å². The fraction of sp³-hybridized carbons (Fsp3) is 0.900. The van der Waals surface area contributed by atoms with Crippen molar-refractivity contribution in [1.29, 1.82) is 5.26 Å². The molecule has 0 aliphatic carbocycles. The molecule has 0 aromatic heterocycles. The van der Waals surface area contributed by atoms with E-state index in [-0.39, 0.29) is 12.0 Å². The third-order valence-electron chi connectivity index (χ3n) is 2.08. The number of hydrogen-bond acceptors (Lipinski definition) is 3. The molecule has 0 spiro atoms. The van der Waals surface area contributed by atoms with E-state index in [4.69, 9.17) is 5.26 Å². The molecule has 0 amide bonds. The molecular formula is C10H20N2O2S. The Kier molecular flexibility index (Phi) is 5.26. The molecule has 88 valence electrons. The third kappa shape index (κ3) is 3.80. The molecule has 0 bridgehead atoms. The molecule has 1 unspecified atom stereocenters. The van der Waals surface area contributed by atoms with Crippen molar-refractivity contribution in [1.82, 2.24) is 4.31 Å². The van der Waals surface area contributed by atoms with Gasteiger partial charge in [0.25, 0.3) is 0 Å². The molecule has 0 aliphatic rings. The average molecular weight is 232 g/mol. The lowest BCUT2D eigenvalue weighted by Crippen LogP contribution is -2.43. The van der Waals surface area contributed by atoms with Gasteiger partial charge in [-0.05, 0) is 26.7 Å². The van der Waals surface area contributed by atoms with Crippen LogP contribution < -0.4 is 0 Å². The molecule has 15 heavy (non-hydrogen) atoms. The van der Waals surface area contributed by atoms with E-state index in [1.165, 1.54) is 11.2 Å². The van der Waals surface area contributed by atoms with Gasteiger partial charge >= 0.3 is 0 Å². The Bertz CT molecular complexity index is 328. The van der Waals surface area contributed by atoms with E-state index in [0.717, 1.165) is 0 Å². The fourth-order valence-corrected chi connectivity index (χ4v) is 2.87. The molecule has 1 atom stereocenters. The highest BCUT2D eigenvalue weighted by atomic mass is 32.2. The molecule has 0 aliphatic heterocycles. The fourth-order valence-electron chi connectivity index (χ4n) is 1.24. The second kappa shape index (κ2) is 5.47. The number of rotatable bonds is 5. The minimum Gasteiger partial charge on any atom is -0.211 e. The molecule has 0 saturated carbocycles. The lowest BCUT2D eigenvalue weighted by atomic mass is 10.2. The Hall–Kier alpha value is -0.600. The molecule has 0 aromatic carbocycles. The highest BCUT2D eigenvalue weighted by Crippen LogP contribution is 2.14. The minimum absolute atomic E-state index is 0.104. The molecule has 0 heterocycles. The van der Waals surface area contributed by atoms with Crippen molar-refractivity contribution in [3.8, 4) is 6.07 Å².